The van der Waals surface area contributed by atoms with Gasteiger partial charge in [-0.15, -0.1) is 5.10 Å². The number of hydrogen-bond donors (Lipinski definition) is 2. The van der Waals surface area contributed by atoms with Gasteiger partial charge >= 0.3 is 0 Å². The van der Waals surface area contributed by atoms with Crippen molar-refractivity contribution in [2.75, 3.05) is 11.9 Å². The molecule has 1 heterocycles. The van der Waals surface area contributed by atoms with Crippen LogP contribution in [-0.4, -0.2) is 37.8 Å². The van der Waals surface area contributed by atoms with Gasteiger partial charge in [-0.05, 0) is 29.6 Å². The summed E-state index contributed by atoms with van der Waals surface area (Å²) >= 11 is 4.94. The third kappa shape index (κ3) is 4.28. The summed E-state index contributed by atoms with van der Waals surface area (Å²) in [5.41, 5.74) is 0. The van der Waals surface area contributed by atoms with Crippen LogP contribution in [0.3, 0.4) is 0 Å². The lowest BCUT2D eigenvalue weighted by Gasteiger charge is -2.07. The van der Waals surface area contributed by atoms with Gasteiger partial charge in [-0.3, -0.25) is 15.4 Å². The van der Waals surface area contributed by atoms with E-state index in [0.29, 0.717) is 5.75 Å². The zero-order valence-electron chi connectivity index (χ0n) is 10.6. The summed E-state index contributed by atoms with van der Waals surface area (Å²) in [6, 6.07) is 9.01. The van der Waals surface area contributed by atoms with E-state index in [1.54, 1.807) is 19.2 Å². The number of ether oxygens (including phenoxy) is 1. The normalized spacial score (nSPS) is 9.85. The molecular formula is C11H12N6O2S. The number of hydrogen-bond acceptors (Lipinski definition) is 6. The fourth-order valence-corrected chi connectivity index (χ4v) is 1.50. The molecule has 0 saturated carbocycles. The molecule has 2 rings (SSSR count). The second kappa shape index (κ2) is 6.57. The van der Waals surface area contributed by atoms with Crippen molar-refractivity contribution in [2.24, 2.45) is 7.05 Å². The molecule has 9 heteroatoms. The number of benzene rings is 1. The highest BCUT2D eigenvalue weighted by Gasteiger charge is 2.08. The number of aromatic nitrogens is 4. The molecule has 0 unspecified atom stereocenters. The number of amides is 1. The molecular weight excluding hydrogens is 280 g/mol. The fraction of sp³-hybridized carbons (Fsp3) is 0.182. The van der Waals surface area contributed by atoms with E-state index in [2.05, 4.69) is 26.0 Å². The largest absolute Gasteiger partial charge is 0.484 e. The van der Waals surface area contributed by atoms with Crippen molar-refractivity contribution in [3.8, 4) is 5.75 Å². The number of anilines is 1. The van der Waals surface area contributed by atoms with Crippen molar-refractivity contribution in [3.05, 3.63) is 30.3 Å². The van der Waals surface area contributed by atoms with Gasteiger partial charge in [0.2, 0.25) is 0 Å². The zero-order valence-corrected chi connectivity index (χ0v) is 11.4. The van der Waals surface area contributed by atoms with Gasteiger partial charge in [-0.25, -0.2) is 0 Å². The Kier molecular flexibility index (Phi) is 4.56. The molecule has 104 valence electrons. The van der Waals surface area contributed by atoms with Crippen molar-refractivity contribution < 1.29 is 9.53 Å². The molecule has 0 spiro atoms. The molecule has 20 heavy (non-hydrogen) atoms. The minimum absolute atomic E-state index is 0.0830. The third-order valence-corrected chi connectivity index (χ3v) is 2.30. The molecule has 8 nitrogen and oxygen atoms in total. The second-order valence-electron chi connectivity index (χ2n) is 3.71. The summed E-state index contributed by atoms with van der Waals surface area (Å²) in [5, 5.41) is 16.3. The van der Waals surface area contributed by atoms with E-state index in [-0.39, 0.29) is 23.6 Å². The van der Waals surface area contributed by atoms with E-state index in [0.717, 1.165) is 0 Å². The van der Waals surface area contributed by atoms with Crippen molar-refractivity contribution in [1.82, 2.24) is 25.5 Å². The van der Waals surface area contributed by atoms with Crippen LogP contribution < -0.4 is 15.4 Å². The van der Waals surface area contributed by atoms with Gasteiger partial charge in [0.1, 0.15) is 5.75 Å². The van der Waals surface area contributed by atoms with E-state index in [9.17, 15) is 4.79 Å². The number of nitrogens with one attached hydrogen (secondary N) is 2. The van der Waals surface area contributed by atoms with Gasteiger partial charge in [0.25, 0.3) is 11.9 Å². The molecule has 2 aromatic rings. The lowest BCUT2D eigenvalue weighted by atomic mass is 10.3. The van der Waals surface area contributed by atoms with Crippen LogP contribution in [0.2, 0.25) is 0 Å². The quantitative estimate of drug-likeness (QED) is 0.772. The number of nitrogens with zero attached hydrogens (tertiary/aromatic N) is 4. The topological polar surface area (TPSA) is 94.0 Å². The number of tetrazole rings is 1. The zero-order chi connectivity index (χ0) is 14.4. The Labute approximate surface area is 120 Å². The third-order valence-electron chi connectivity index (χ3n) is 2.10. The maximum Gasteiger partial charge on any atom is 0.269 e. The van der Waals surface area contributed by atoms with Crippen LogP contribution >= 0.6 is 12.2 Å². The number of para-hydroxylation sites is 1. The molecule has 0 fully saturated rings. The SMILES string of the molecule is Cn1nnc(NC(=S)NC(=O)COc2ccccc2)n1. The lowest BCUT2D eigenvalue weighted by molar-refractivity contribution is -0.121. The summed E-state index contributed by atoms with van der Waals surface area (Å²) in [6.45, 7) is -0.139. The van der Waals surface area contributed by atoms with Crippen LogP contribution in [0.4, 0.5) is 5.95 Å². The Morgan fingerprint density at radius 3 is 2.80 bits per heavy atom. The van der Waals surface area contributed by atoms with Gasteiger partial charge < -0.3 is 4.74 Å². The Hall–Kier alpha value is -2.55. The maximum absolute atomic E-state index is 11.6. The van der Waals surface area contributed by atoms with E-state index in [1.165, 1.54) is 4.80 Å². The highest BCUT2D eigenvalue weighted by Crippen LogP contribution is 2.07. The molecule has 1 amide bonds. The number of thiocarbonyl (C=S) groups is 1. The highest BCUT2D eigenvalue weighted by molar-refractivity contribution is 7.80. The average molecular weight is 292 g/mol. The van der Waals surface area contributed by atoms with Crippen molar-refractivity contribution in [3.63, 3.8) is 0 Å². The van der Waals surface area contributed by atoms with E-state index in [1.807, 2.05) is 18.2 Å². The van der Waals surface area contributed by atoms with Gasteiger partial charge in [-0.2, -0.15) is 4.80 Å². The van der Waals surface area contributed by atoms with Crippen LogP contribution in [0.1, 0.15) is 0 Å². The van der Waals surface area contributed by atoms with E-state index >= 15 is 0 Å². The molecule has 0 radical (unpaired) electrons. The first-order chi connectivity index (χ1) is 9.63. The molecule has 0 aliphatic carbocycles. The first kappa shape index (κ1) is 13.9. The first-order valence-electron chi connectivity index (χ1n) is 5.66. The van der Waals surface area contributed by atoms with Crippen molar-refractivity contribution >= 4 is 29.2 Å². The van der Waals surface area contributed by atoms with Crippen LogP contribution in [0.25, 0.3) is 0 Å². The molecule has 2 N–H and O–H groups in total. The van der Waals surface area contributed by atoms with Crippen molar-refractivity contribution in [2.45, 2.75) is 0 Å². The predicted molar refractivity (Wildman–Crippen MR) is 75.1 cm³/mol. The van der Waals surface area contributed by atoms with E-state index < -0.39 is 0 Å². The summed E-state index contributed by atoms with van der Waals surface area (Å²) in [7, 11) is 1.62. The smallest absolute Gasteiger partial charge is 0.269 e. The molecule has 1 aromatic carbocycles. The van der Waals surface area contributed by atoms with Crippen LogP contribution in [0, 0.1) is 0 Å². The number of rotatable bonds is 4. The van der Waals surface area contributed by atoms with Crippen LogP contribution in [0.15, 0.2) is 30.3 Å². The second-order valence-corrected chi connectivity index (χ2v) is 4.11. The minimum atomic E-state index is -0.379. The van der Waals surface area contributed by atoms with Gasteiger partial charge in [0.05, 0.1) is 7.05 Å². The highest BCUT2D eigenvalue weighted by atomic mass is 32.1. The summed E-state index contributed by atoms with van der Waals surface area (Å²) in [4.78, 5) is 12.9. The molecule has 0 aliphatic heterocycles. The Morgan fingerprint density at radius 2 is 2.15 bits per heavy atom. The summed E-state index contributed by atoms with van der Waals surface area (Å²) in [5.74, 6) is 0.439. The number of carbonyl (C=O) groups excluding carboxylic acids is 1. The predicted octanol–water partition coefficient (Wildman–Crippen LogP) is 0.102. The van der Waals surface area contributed by atoms with E-state index in [4.69, 9.17) is 17.0 Å². The first-order valence-corrected chi connectivity index (χ1v) is 6.07. The molecule has 0 saturated heterocycles. The van der Waals surface area contributed by atoms with Gasteiger partial charge in [0.15, 0.2) is 11.7 Å². The van der Waals surface area contributed by atoms with Gasteiger partial charge in [-0.1, -0.05) is 23.3 Å². The molecule has 0 atom stereocenters. The summed E-state index contributed by atoms with van der Waals surface area (Å²) in [6.07, 6.45) is 0. The lowest BCUT2D eigenvalue weighted by Crippen LogP contribution is -2.37. The monoisotopic (exact) mass is 292 g/mol. The Balaban J connectivity index is 1.75. The molecule has 0 bridgehead atoms. The molecule has 1 aromatic heterocycles. The minimum Gasteiger partial charge on any atom is -0.484 e. The summed E-state index contributed by atoms with van der Waals surface area (Å²) < 4.78 is 5.28. The van der Waals surface area contributed by atoms with Crippen molar-refractivity contribution in [1.29, 1.82) is 0 Å². The standard InChI is InChI=1S/C11H12N6O2S/c1-17-15-10(14-16-17)13-11(20)12-9(18)7-19-8-5-3-2-4-6-8/h2-6H,7H2,1H3,(H2,12,13,15,18,20). The molecule has 0 aliphatic rings. The number of aryl methyl sites for hydroxylation is 1. The average Bonchev–Trinajstić information content (AvgIpc) is 2.83. The van der Waals surface area contributed by atoms with Crippen LogP contribution in [0.5, 0.6) is 5.75 Å². The van der Waals surface area contributed by atoms with Crippen LogP contribution in [-0.2, 0) is 11.8 Å². The fourth-order valence-electron chi connectivity index (χ4n) is 1.30. The Morgan fingerprint density at radius 1 is 1.40 bits per heavy atom. The number of carbonyl (C=O) groups is 1. The maximum atomic E-state index is 11.6. The van der Waals surface area contributed by atoms with Gasteiger partial charge in [0, 0.05) is 0 Å². The Bertz CT molecular complexity index is 600.